The first kappa shape index (κ1) is 16.2. The summed E-state index contributed by atoms with van der Waals surface area (Å²) in [6, 6.07) is 0. The molecule has 0 rings (SSSR count). The molecule has 5 nitrogen and oxygen atoms in total. The monoisotopic (exact) mass is 248 g/mol. The lowest BCUT2D eigenvalue weighted by atomic mass is 10.1. The van der Waals surface area contributed by atoms with Crippen LogP contribution in [-0.4, -0.2) is 43.8 Å². The van der Waals surface area contributed by atoms with Gasteiger partial charge in [-0.2, -0.15) is 0 Å². The zero-order chi connectivity index (χ0) is 12.9. The normalized spacial score (nSPS) is 12.4. The molecule has 0 aromatic rings. The van der Waals surface area contributed by atoms with Gasteiger partial charge in [0.1, 0.15) is 6.61 Å². The maximum Gasteiger partial charge on any atom is 0.505 e. The van der Waals surface area contributed by atoms with Crippen molar-refractivity contribution in [2.45, 2.75) is 45.6 Å². The summed E-state index contributed by atoms with van der Waals surface area (Å²) in [5, 5.41) is 8.44. The van der Waals surface area contributed by atoms with Crippen molar-refractivity contribution in [3.05, 3.63) is 0 Å². The summed E-state index contributed by atoms with van der Waals surface area (Å²) in [6.07, 6.45) is 2.70. The molecule has 0 radical (unpaired) electrons. The minimum absolute atomic E-state index is 0.102. The lowest BCUT2D eigenvalue weighted by Crippen LogP contribution is -2.23. The summed E-state index contributed by atoms with van der Waals surface area (Å²) in [5.41, 5.74) is 0. The predicted octanol–water partition coefficient (Wildman–Crippen LogP) is 2.68. The highest BCUT2D eigenvalue weighted by Gasteiger charge is 2.11. The van der Waals surface area contributed by atoms with Gasteiger partial charge in [0.15, 0.2) is 0 Å². The molecule has 5 heteroatoms. The molecule has 0 heterocycles. The molecule has 0 spiro atoms. The van der Waals surface area contributed by atoms with Gasteiger partial charge in [0, 0.05) is 6.61 Å². The van der Waals surface area contributed by atoms with Gasteiger partial charge in [-0.1, -0.05) is 26.2 Å². The van der Waals surface area contributed by atoms with Gasteiger partial charge in [-0.15, -0.1) is 0 Å². The third kappa shape index (κ3) is 11.5. The molecule has 0 saturated carbocycles. The van der Waals surface area contributed by atoms with Gasteiger partial charge < -0.3 is 19.3 Å². The van der Waals surface area contributed by atoms with Crippen LogP contribution in [0, 0.1) is 0 Å². The highest BCUT2D eigenvalue weighted by Crippen LogP contribution is 2.07. The Hall–Kier alpha value is -0.810. The van der Waals surface area contributed by atoms with Crippen molar-refractivity contribution in [2.24, 2.45) is 0 Å². The Morgan fingerprint density at radius 1 is 1.24 bits per heavy atom. The number of hydrogen-bond acceptors (Lipinski definition) is 4. The van der Waals surface area contributed by atoms with Gasteiger partial charge >= 0.3 is 6.16 Å². The minimum atomic E-state index is -1.25. The van der Waals surface area contributed by atoms with Crippen molar-refractivity contribution >= 4 is 6.16 Å². The first-order valence-electron chi connectivity index (χ1n) is 6.25. The Morgan fingerprint density at radius 3 is 2.59 bits per heavy atom. The summed E-state index contributed by atoms with van der Waals surface area (Å²) >= 11 is 0. The van der Waals surface area contributed by atoms with Gasteiger partial charge in [0.05, 0.1) is 19.3 Å². The molecule has 0 aliphatic carbocycles. The largest absolute Gasteiger partial charge is 0.505 e. The van der Waals surface area contributed by atoms with Gasteiger partial charge in [0.2, 0.25) is 0 Å². The van der Waals surface area contributed by atoms with E-state index in [0.717, 1.165) is 25.7 Å². The van der Waals surface area contributed by atoms with E-state index in [0.29, 0.717) is 19.8 Å². The number of carboxylic acid groups (broad SMARTS) is 1. The molecule has 0 aromatic heterocycles. The van der Waals surface area contributed by atoms with E-state index in [9.17, 15) is 4.79 Å². The average molecular weight is 248 g/mol. The van der Waals surface area contributed by atoms with E-state index >= 15 is 0 Å². The Bertz CT molecular complexity index is 184. The minimum Gasteiger partial charge on any atom is -0.450 e. The number of carbonyl (C=O) groups is 1. The third-order valence-electron chi connectivity index (χ3n) is 2.31. The number of rotatable bonds is 11. The second kappa shape index (κ2) is 11.7. The zero-order valence-electron chi connectivity index (χ0n) is 10.8. The van der Waals surface area contributed by atoms with Crippen LogP contribution in [0.3, 0.4) is 0 Å². The van der Waals surface area contributed by atoms with Crippen molar-refractivity contribution in [3.8, 4) is 0 Å². The van der Waals surface area contributed by atoms with Crippen LogP contribution in [-0.2, 0) is 14.2 Å². The lowest BCUT2D eigenvalue weighted by Gasteiger charge is -2.16. The van der Waals surface area contributed by atoms with E-state index in [4.69, 9.17) is 14.6 Å². The van der Waals surface area contributed by atoms with Gasteiger partial charge in [-0.05, 0) is 13.3 Å². The van der Waals surface area contributed by atoms with E-state index in [1.54, 1.807) is 0 Å². The molecule has 102 valence electrons. The number of unbranched alkanes of at least 4 members (excludes halogenated alkanes) is 2. The smallest absolute Gasteiger partial charge is 0.450 e. The van der Waals surface area contributed by atoms with Gasteiger partial charge in [-0.3, -0.25) is 0 Å². The third-order valence-corrected chi connectivity index (χ3v) is 2.31. The maximum absolute atomic E-state index is 10.3. The van der Waals surface area contributed by atoms with E-state index in [-0.39, 0.29) is 12.7 Å². The molecule has 1 N–H and O–H groups in total. The molecule has 0 saturated heterocycles. The maximum atomic E-state index is 10.3. The van der Waals surface area contributed by atoms with Crippen molar-refractivity contribution in [1.82, 2.24) is 0 Å². The second-order valence-corrected chi connectivity index (χ2v) is 3.76. The summed E-state index contributed by atoms with van der Waals surface area (Å²) in [5.74, 6) is 0. The first-order valence-corrected chi connectivity index (χ1v) is 6.25. The van der Waals surface area contributed by atoms with Gasteiger partial charge in [-0.25, -0.2) is 4.79 Å². The molecule has 17 heavy (non-hydrogen) atoms. The Labute approximate surface area is 103 Å². The SMILES string of the molecule is CCCCCC(COC(=O)O)OCCOCC. The fourth-order valence-electron chi connectivity index (χ4n) is 1.42. The van der Waals surface area contributed by atoms with Crippen LogP contribution in [0.25, 0.3) is 0 Å². The Kier molecular flexibility index (Phi) is 11.1. The van der Waals surface area contributed by atoms with Crippen LogP contribution in [0.2, 0.25) is 0 Å². The number of hydrogen-bond donors (Lipinski definition) is 1. The second-order valence-electron chi connectivity index (χ2n) is 3.76. The molecular weight excluding hydrogens is 224 g/mol. The molecule has 0 aromatic carbocycles. The molecule has 0 aliphatic heterocycles. The molecule has 0 bridgehead atoms. The highest BCUT2D eigenvalue weighted by molar-refractivity contribution is 5.56. The van der Waals surface area contributed by atoms with Crippen molar-refractivity contribution in [2.75, 3.05) is 26.4 Å². The van der Waals surface area contributed by atoms with E-state index in [1.807, 2.05) is 6.92 Å². The summed E-state index contributed by atoms with van der Waals surface area (Å²) in [4.78, 5) is 10.3. The Balaban J connectivity index is 3.71. The van der Waals surface area contributed by atoms with E-state index in [1.165, 1.54) is 0 Å². The quantitative estimate of drug-likeness (QED) is 0.450. The van der Waals surface area contributed by atoms with E-state index in [2.05, 4.69) is 11.7 Å². The molecule has 0 aliphatic rings. The number of ether oxygens (including phenoxy) is 3. The van der Waals surface area contributed by atoms with Crippen LogP contribution in [0.5, 0.6) is 0 Å². The molecule has 0 fully saturated rings. The molecule has 0 amide bonds. The predicted molar refractivity (Wildman–Crippen MR) is 64.4 cm³/mol. The summed E-state index contributed by atoms with van der Waals surface area (Å²) in [6.45, 7) is 5.83. The van der Waals surface area contributed by atoms with Crippen LogP contribution in [0.1, 0.15) is 39.5 Å². The standard InChI is InChI=1S/C12H24O5/c1-3-5-6-7-11(10-17-12(13)14)16-9-8-15-4-2/h11H,3-10H2,1-2H3,(H,13,14). The molecular formula is C12H24O5. The van der Waals surface area contributed by atoms with Crippen molar-refractivity contribution in [3.63, 3.8) is 0 Å². The van der Waals surface area contributed by atoms with Gasteiger partial charge in [0.25, 0.3) is 0 Å². The average Bonchev–Trinajstić information content (AvgIpc) is 2.30. The highest BCUT2D eigenvalue weighted by atomic mass is 16.7. The first-order chi connectivity index (χ1) is 8.20. The fraction of sp³-hybridized carbons (Fsp3) is 0.917. The topological polar surface area (TPSA) is 65.0 Å². The van der Waals surface area contributed by atoms with Crippen molar-refractivity contribution < 1.29 is 24.1 Å². The zero-order valence-corrected chi connectivity index (χ0v) is 10.8. The van der Waals surface area contributed by atoms with Crippen LogP contribution < -0.4 is 0 Å². The van der Waals surface area contributed by atoms with E-state index < -0.39 is 6.16 Å². The van der Waals surface area contributed by atoms with Crippen LogP contribution >= 0.6 is 0 Å². The lowest BCUT2D eigenvalue weighted by molar-refractivity contribution is -0.0326. The fourth-order valence-corrected chi connectivity index (χ4v) is 1.42. The van der Waals surface area contributed by atoms with Crippen LogP contribution in [0.4, 0.5) is 4.79 Å². The van der Waals surface area contributed by atoms with Crippen LogP contribution in [0.15, 0.2) is 0 Å². The summed E-state index contributed by atoms with van der Waals surface area (Å²) in [7, 11) is 0. The van der Waals surface area contributed by atoms with Crippen molar-refractivity contribution in [1.29, 1.82) is 0 Å². The molecule has 1 atom stereocenters. The molecule has 1 unspecified atom stereocenters. The summed E-state index contributed by atoms with van der Waals surface area (Å²) < 4.78 is 15.2. The Morgan fingerprint density at radius 2 is 2.00 bits per heavy atom.